The third kappa shape index (κ3) is 2.80. The van der Waals surface area contributed by atoms with Crippen LogP contribution in [0.15, 0.2) is 23.3 Å². The van der Waals surface area contributed by atoms with E-state index in [1.807, 2.05) is 13.0 Å². The van der Waals surface area contributed by atoms with E-state index in [9.17, 15) is 4.79 Å². The van der Waals surface area contributed by atoms with Crippen LogP contribution in [0.3, 0.4) is 0 Å². The van der Waals surface area contributed by atoms with Crippen molar-refractivity contribution >= 4 is 17.3 Å². The van der Waals surface area contributed by atoms with Crippen molar-refractivity contribution in [2.45, 2.75) is 20.8 Å². The Bertz CT molecular complexity index is 406. The molecule has 0 radical (unpaired) electrons. The summed E-state index contributed by atoms with van der Waals surface area (Å²) in [7, 11) is 0. The number of rotatable bonds is 2. The first-order valence-corrected chi connectivity index (χ1v) is 4.68. The summed E-state index contributed by atoms with van der Waals surface area (Å²) in [4.78, 5) is 11.6. The zero-order chi connectivity index (χ0) is 11.4. The lowest BCUT2D eigenvalue weighted by Gasteiger charge is -2.06. The van der Waals surface area contributed by atoms with Crippen LogP contribution in [-0.4, -0.2) is 11.6 Å². The van der Waals surface area contributed by atoms with Gasteiger partial charge in [0.15, 0.2) is 0 Å². The van der Waals surface area contributed by atoms with Gasteiger partial charge in [-0.2, -0.15) is 5.10 Å². The highest BCUT2D eigenvalue weighted by molar-refractivity contribution is 6.00. The lowest BCUT2D eigenvalue weighted by Crippen LogP contribution is -2.20. The first kappa shape index (κ1) is 11.2. The Hall–Kier alpha value is -1.84. The molecular formula is C11H15N3O. The summed E-state index contributed by atoms with van der Waals surface area (Å²) in [6.07, 6.45) is 0. The molecule has 0 aliphatic carbocycles. The number of carbonyl (C=O) groups is 1. The van der Waals surface area contributed by atoms with Crippen molar-refractivity contribution in [1.82, 2.24) is 5.43 Å². The van der Waals surface area contributed by atoms with Crippen LogP contribution in [0.2, 0.25) is 0 Å². The molecule has 4 nitrogen and oxygen atoms in total. The summed E-state index contributed by atoms with van der Waals surface area (Å²) >= 11 is 0. The van der Waals surface area contributed by atoms with Crippen molar-refractivity contribution in [2.24, 2.45) is 5.10 Å². The first-order chi connectivity index (χ1) is 7.02. The van der Waals surface area contributed by atoms with Gasteiger partial charge in [0.05, 0.1) is 5.56 Å². The fourth-order valence-electron chi connectivity index (χ4n) is 1.10. The van der Waals surface area contributed by atoms with Gasteiger partial charge in [-0.25, -0.2) is 5.43 Å². The lowest BCUT2D eigenvalue weighted by atomic mass is 10.1. The molecule has 0 spiro atoms. The number of para-hydroxylation sites is 1. The molecule has 0 heterocycles. The van der Waals surface area contributed by atoms with E-state index in [1.54, 1.807) is 26.0 Å². The van der Waals surface area contributed by atoms with E-state index in [2.05, 4.69) is 10.5 Å². The second-order valence-electron chi connectivity index (χ2n) is 3.54. The summed E-state index contributed by atoms with van der Waals surface area (Å²) in [6, 6.07) is 5.34. The number of nitrogen functional groups attached to an aromatic ring is 1. The Morgan fingerprint density at radius 3 is 2.67 bits per heavy atom. The van der Waals surface area contributed by atoms with Crippen LogP contribution in [0.4, 0.5) is 5.69 Å². The molecular weight excluding hydrogens is 190 g/mol. The molecule has 0 fully saturated rings. The molecule has 1 aromatic carbocycles. The number of hydrogen-bond acceptors (Lipinski definition) is 3. The molecule has 1 rings (SSSR count). The van der Waals surface area contributed by atoms with Crippen LogP contribution >= 0.6 is 0 Å². The quantitative estimate of drug-likeness (QED) is 0.438. The van der Waals surface area contributed by atoms with Crippen LogP contribution in [-0.2, 0) is 0 Å². The number of anilines is 1. The molecule has 0 aliphatic rings. The van der Waals surface area contributed by atoms with Gasteiger partial charge in [0.25, 0.3) is 5.91 Å². The predicted molar refractivity (Wildman–Crippen MR) is 61.8 cm³/mol. The maximum absolute atomic E-state index is 11.6. The molecule has 3 N–H and O–H groups in total. The van der Waals surface area contributed by atoms with E-state index in [-0.39, 0.29) is 5.91 Å². The number of amides is 1. The maximum atomic E-state index is 11.6. The van der Waals surface area contributed by atoms with Gasteiger partial charge in [-0.15, -0.1) is 0 Å². The van der Waals surface area contributed by atoms with Crippen LogP contribution in [0, 0.1) is 6.92 Å². The Labute approximate surface area is 89.2 Å². The molecule has 0 bridgehead atoms. The Kier molecular flexibility index (Phi) is 3.44. The van der Waals surface area contributed by atoms with Gasteiger partial charge < -0.3 is 5.73 Å². The molecule has 0 aliphatic heterocycles. The van der Waals surface area contributed by atoms with E-state index in [1.165, 1.54) is 0 Å². The molecule has 15 heavy (non-hydrogen) atoms. The van der Waals surface area contributed by atoms with Crippen molar-refractivity contribution in [3.05, 3.63) is 29.3 Å². The number of nitrogens with one attached hydrogen (secondary N) is 1. The van der Waals surface area contributed by atoms with Gasteiger partial charge in [-0.3, -0.25) is 4.79 Å². The van der Waals surface area contributed by atoms with Gasteiger partial charge in [0.1, 0.15) is 0 Å². The number of nitrogens with zero attached hydrogens (tertiary/aromatic N) is 1. The van der Waals surface area contributed by atoms with Crippen LogP contribution in [0.1, 0.15) is 29.8 Å². The standard InChI is InChI=1S/C11H15N3O/c1-7(2)13-14-11(15)9-6-4-5-8(3)10(9)12/h4-6H,12H2,1-3H3,(H,14,15). The summed E-state index contributed by atoms with van der Waals surface area (Å²) < 4.78 is 0. The smallest absolute Gasteiger partial charge is 0.273 e. The van der Waals surface area contributed by atoms with Crippen molar-refractivity contribution in [2.75, 3.05) is 5.73 Å². The number of benzene rings is 1. The molecule has 0 saturated carbocycles. The van der Waals surface area contributed by atoms with E-state index < -0.39 is 0 Å². The summed E-state index contributed by atoms with van der Waals surface area (Å²) in [6.45, 7) is 5.47. The van der Waals surface area contributed by atoms with E-state index >= 15 is 0 Å². The van der Waals surface area contributed by atoms with Crippen LogP contribution < -0.4 is 11.2 Å². The van der Waals surface area contributed by atoms with Crippen molar-refractivity contribution in [3.8, 4) is 0 Å². The predicted octanol–water partition coefficient (Wildman–Crippen LogP) is 1.70. The van der Waals surface area contributed by atoms with Crippen molar-refractivity contribution < 1.29 is 4.79 Å². The van der Waals surface area contributed by atoms with Gasteiger partial charge in [-0.1, -0.05) is 12.1 Å². The molecule has 1 aromatic rings. The van der Waals surface area contributed by atoms with E-state index in [4.69, 9.17) is 5.73 Å². The number of nitrogens with two attached hydrogens (primary N) is 1. The lowest BCUT2D eigenvalue weighted by molar-refractivity contribution is 0.0955. The zero-order valence-corrected chi connectivity index (χ0v) is 9.16. The highest BCUT2D eigenvalue weighted by Crippen LogP contribution is 2.15. The second kappa shape index (κ2) is 4.59. The summed E-state index contributed by atoms with van der Waals surface area (Å²) in [5, 5.41) is 3.83. The van der Waals surface area contributed by atoms with Gasteiger partial charge in [0.2, 0.25) is 0 Å². The SMILES string of the molecule is CC(C)=NNC(=O)c1cccc(C)c1N. The highest BCUT2D eigenvalue weighted by Gasteiger charge is 2.09. The van der Waals surface area contributed by atoms with Gasteiger partial charge in [-0.05, 0) is 32.4 Å². The molecule has 0 atom stereocenters. The number of aryl methyl sites for hydroxylation is 1. The summed E-state index contributed by atoms with van der Waals surface area (Å²) in [5.41, 5.74) is 10.8. The highest BCUT2D eigenvalue weighted by atomic mass is 16.2. The topological polar surface area (TPSA) is 67.5 Å². The minimum absolute atomic E-state index is 0.280. The minimum Gasteiger partial charge on any atom is -0.398 e. The molecule has 0 unspecified atom stereocenters. The molecule has 0 saturated heterocycles. The molecule has 80 valence electrons. The zero-order valence-electron chi connectivity index (χ0n) is 9.16. The average Bonchev–Trinajstić information content (AvgIpc) is 2.18. The number of hydrazone groups is 1. The monoisotopic (exact) mass is 205 g/mol. The fraction of sp³-hybridized carbons (Fsp3) is 0.273. The minimum atomic E-state index is -0.280. The summed E-state index contributed by atoms with van der Waals surface area (Å²) in [5.74, 6) is -0.280. The van der Waals surface area contributed by atoms with Gasteiger partial charge in [0, 0.05) is 11.4 Å². The molecule has 4 heteroatoms. The molecule has 1 amide bonds. The largest absolute Gasteiger partial charge is 0.398 e. The number of hydrogen-bond donors (Lipinski definition) is 2. The maximum Gasteiger partial charge on any atom is 0.273 e. The third-order valence-electron chi connectivity index (χ3n) is 1.95. The Morgan fingerprint density at radius 1 is 1.40 bits per heavy atom. The van der Waals surface area contributed by atoms with Crippen LogP contribution in [0.5, 0.6) is 0 Å². The van der Waals surface area contributed by atoms with Crippen molar-refractivity contribution in [3.63, 3.8) is 0 Å². The normalized spacial score (nSPS) is 9.53. The Balaban J connectivity index is 2.92. The first-order valence-electron chi connectivity index (χ1n) is 4.68. The average molecular weight is 205 g/mol. The second-order valence-corrected chi connectivity index (χ2v) is 3.54. The van der Waals surface area contributed by atoms with E-state index in [0.717, 1.165) is 11.3 Å². The third-order valence-corrected chi connectivity index (χ3v) is 1.95. The Morgan fingerprint density at radius 2 is 2.07 bits per heavy atom. The van der Waals surface area contributed by atoms with E-state index in [0.29, 0.717) is 11.3 Å². The van der Waals surface area contributed by atoms with Crippen LogP contribution in [0.25, 0.3) is 0 Å². The fourth-order valence-corrected chi connectivity index (χ4v) is 1.10. The molecule has 0 aromatic heterocycles. The number of carbonyl (C=O) groups excluding carboxylic acids is 1. The van der Waals surface area contributed by atoms with Crippen molar-refractivity contribution in [1.29, 1.82) is 0 Å². The van der Waals surface area contributed by atoms with Gasteiger partial charge >= 0.3 is 0 Å².